The van der Waals surface area contributed by atoms with E-state index in [-0.39, 0.29) is 6.61 Å². The Bertz CT molecular complexity index is 147. The van der Waals surface area contributed by atoms with Crippen LogP contribution in [0.25, 0.3) is 0 Å². The molecule has 0 saturated heterocycles. The van der Waals surface area contributed by atoms with Crippen molar-refractivity contribution in [3.05, 3.63) is 0 Å². The van der Waals surface area contributed by atoms with Crippen LogP contribution in [-0.4, -0.2) is 22.8 Å². The molecule has 0 spiro atoms. The molecule has 0 atom stereocenters. The van der Waals surface area contributed by atoms with Crippen molar-refractivity contribution in [3.8, 4) is 0 Å². The first-order valence-corrected chi connectivity index (χ1v) is 3.45. The van der Waals surface area contributed by atoms with Crippen LogP contribution in [0.4, 0.5) is 0 Å². The van der Waals surface area contributed by atoms with Crippen LogP contribution in [0.5, 0.6) is 0 Å². The van der Waals surface area contributed by atoms with Gasteiger partial charge in [-0.1, -0.05) is 6.92 Å². The second-order valence-electron chi connectivity index (χ2n) is 3.26. The van der Waals surface area contributed by atoms with Gasteiger partial charge < -0.3 is 10.2 Å². The summed E-state index contributed by atoms with van der Waals surface area (Å²) in [7, 11) is 0. The molecular weight excluding hydrogens is 132 g/mol. The van der Waals surface area contributed by atoms with Gasteiger partial charge in [0.2, 0.25) is 0 Å². The van der Waals surface area contributed by atoms with Crippen LogP contribution in [0.15, 0.2) is 0 Å². The fourth-order valence-electron chi connectivity index (χ4n) is 1.65. The van der Waals surface area contributed by atoms with Crippen LogP contribution in [0.2, 0.25) is 0 Å². The Balaban J connectivity index is 2.56. The van der Waals surface area contributed by atoms with E-state index in [9.17, 15) is 4.79 Å². The number of carboxylic acid groups (broad SMARTS) is 1. The molecular formula is C7H12O3. The molecule has 3 heteroatoms. The molecule has 1 fully saturated rings. The molecule has 1 aliphatic rings. The van der Waals surface area contributed by atoms with E-state index < -0.39 is 11.4 Å². The lowest BCUT2D eigenvalue weighted by atomic mass is 9.63. The summed E-state index contributed by atoms with van der Waals surface area (Å²) >= 11 is 0. The van der Waals surface area contributed by atoms with Gasteiger partial charge in [0, 0.05) is 0 Å². The van der Waals surface area contributed by atoms with Gasteiger partial charge in [-0.3, -0.25) is 4.79 Å². The van der Waals surface area contributed by atoms with Gasteiger partial charge in [0.25, 0.3) is 0 Å². The molecule has 0 amide bonds. The van der Waals surface area contributed by atoms with E-state index in [4.69, 9.17) is 10.2 Å². The lowest BCUT2D eigenvalue weighted by Crippen LogP contribution is -2.45. The highest BCUT2D eigenvalue weighted by atomic mass is 16.4. The third kappa shape index (κ3) is 0.904. The van der Waals surface area contributed by atoms with Crippen molar-refractivity contribution in [2.45, 2.75) is 19.8 Å². The largest absolute Gasteiger partial charge is 0.481 e. The van der Waals surface area contributed by atoms with Crippen LogP contribution in [0.3, 0.4) is 0 Å². The lowest BCUT2D eigenvalue weighted by Gasteiger charge is -2.41. The fraction of sp³-hybridized carbons (Fsp3) is 0.857. The number of hydrogen-bond donors (Lipinski definition) is 2. The fourth-order valence-corrected chi connectivity index (χ4v) is 1.65. The molecule has 3 nitrogen and oxygen atoms in total. The van der Waals surface area contributed by atoms with Crippen molar-refractivity contribution in [2.75, 3.05) is 6.61 Å². The number of carbonyl (C=O) groups is 1. The molecule has 0 unspecified atom stereocenters. The predicted molar refractivity (Wildman–Crippen MR) is 35.6 cm³/mol. The van der Waals surface area contributed by atoms with Gasteiger partial charge in [-0.15, -0.1) is 0 Å². The van der Waals surface area contributed by atoms with Crippen LogP contribution in [0, 0.1) is 11.3 Å². The maximum Gasteiger partial charge on any atom is 0.311 e. The molecule has 0 radical (unpaired) electrons. The van der Waals surface area contributed by atoms with E-state index in [0.717, 1.165) is 0 Å². The Hall–Kier alpha value is -0.570. The van der Waals surface area contributed by atoms with E-state index in [1.54, 1.807) is 0 Å². The van der Waals surface area contributed by atoms with Gasteiger partial charge in [-0.25, -0.2) is 0 Å². The van der Waals surface area contributed by atoms with E-state index >= 15 is 0 Å². The average Bonchev–Trinajstić information content (AvgIpc) is 1.79. The van der Waals surface area contributed by atoms with E-state index in [0.29, 0.717) is 18.8 Å². The van der Waals surface area contributed by atoms with Crippen LogP contribution >= 0.6 is 0 Å². The van der Waals surface area contributed by atoms with Crippen molar-refractivity contribution in [1.29, 1.82) is 0 Å². The van der Waals surface area contributed by atoms with Gasteiger partial charge in [-0.05, 0) is 18.8 Å². The quantitative estimate of drug-likeness (QED) is 0.592. The van der Waals surface area contributed by atoms with Crippen molar-refractivity contribution < 1.29 is 15.0 Å². The lowest BCUT2D eigenvalue weighted by molar-refractivity contribution is -0.161. The molecule has 10 heavy (non-hydrogen) atoms. The van der Waals surface area contributed by atoms with Crippen molar-refractivity contribution in [2.24, 2.45) is 11.3 Å². The van der Waals surface area contributed by atoms with Crippen LogP contribution in [-0.2, 0) is 4.79 Å². The first-order chi connectivity index (χ1) is 4.60. The van der Waals surface area contributed by atoms with Crippen molar-refractivity contribution in [3.63, 3.8) is 0 Å². The minimum absolute atomic E-state index is 0.216. The summed E-state index contributed by atoms with van der Waals surface area (Å²) in [6, 6.07) is 0. The number of aliphatic hydroxyl groups is 1. The summed E-state index contributed by atoms with van der Waals surface area (Å²) in [4.78, 5) is 10.5. The summed E-state index contributed by atoms with van der Waals surface area (Å²) in [6.07, 6.45) is 1.25. The molecule has 0 aromatic carbocycles. The standard InChI is InChI=1S/C7H12O3/c1-5-2-7(3-5,4-8)6(9)10/h5,8H,2-4H2,1H3,(H,9,10). The molecule has 1 aliphatic carbocycles. The predicted octanol–water partition coefficient (Wildman–Crippen LogP) is 0.480. The summed E-state index contributed by atoms with van der Waals surface area (Å²) in [6.45, 7) is 1.78. The summed E-state index contributed by atoms with van der Waals surface area (Å²) in [5, 5.41) is 17.4. The van der Waals surface area contributed by atoms with E-state index in [1.807, 2.05) is 6.92 Å². The molecule has 2 N–H and O–H groups in total. The zero-order valence-electron chi connectivity index (χ0n) is 6.00. The van der Waals surface area contributed by atoms with Crippen LogP contribution in [0.1, 0.15) is 19.8 Å². The Morgan fingerprint density at radius 2 is 2.20 bits per heavy atom. The van der Waals surface area contributed by atoms with Gasteiger partial charge >= 0.3 is 5.97 Å². The second-order valence-corrected chi connectivity index (χ2v) is 3.26. The summed E-state index contributed by atoms with van der Waals surface area (Å²) < 4.78 is 0. The molecule has 1 rings (SSSR count). The van der Waals surface area contributed by atoms with Gasteiger partial charge in [0.15, 0.2) is 0 Å². The Morgan fingerprint density at radius 1 is 1.70 bits per heavy atom. The zero-order chi connectivity index (χ0) is 7.78. The molecule has 58 valence electrons. The third-order valence-electron chi connectivity index (χ3n) is 2.23. The maximum atomic E-state index is 10.5. The zero-order valence-corrected chi connectivity index (χ0v) is 6.00. The summed E-state index contributed by atoms with van der Waals surface area (Å²) in [5.41, 5.74) is -0.792. The highest BCUT2D eigenvalue weighted by molar-refractivity contribution is 5.76. The first-order valence-electron chi connectivity index (χ1n) is 3.45. The van der Waals surface area contributed by atoms with E-state index in [2.05, 4.69) is 0 Å². The SMILES string of the molecule is CC1CC(CO)(C(=O)O)C1. The van der Waals surface area contributed by atoms with Gasteiger partial charge in [0.1, 0.15) is 0 Å². The normalized spacial score (nSPS) is 38.8. The smallest absolute Gasteiger partial charge is 0.311 e. The monoisotopic (exact) mass is 144 g/mol. The van der Waals surface area contributed by atoms with Gasteiger partial charge in [0.05, 0.1) is 12.0 Å². The summed E-state index contributed by atoms with van der Waals surface area (Å²) in [5.74, 6) is -0.392. The highest BCUT2D eigenvalue weighted by Gasteiger charge is 2.47. The Morgan fingerprint density at radius 3 is 2.30 bits per heavy atom. The van der Waals surface area contributed by atoms with Crippen molar-refractivity contribution in [1.82, 2.24) is 0 Å². The second kappa shape index (κ2) is 2.23. The number of aliphatic carboxylic acids is 1. The van der Waals surface area contributed by atoms with Gasteiger partial charge in [-0.2, -0.15) is 0 Å². The molecule has 0 aliphatic heterocycles. The number of aliphatic hydroxyl groups excluding tert-OH is 1. The minimum atomic E-state index is -0.854. The number of hydrogen-bond acceptors (Lipinski definition) is 2. The van der Waals surface area contributed by atoms with Crippen molar-refractivity contribution >= 4 is 5.97 Å². The van der Waals surface area contributed by atoms with E-state index in [1.165, 1.54) is 0 Å². The Labute approximate surface area is 59.7 Å². The molecule has 0 aromatic rings. The maximum absolute atomic E-state index is 10.5. The Kier molecular flexibility index (Phi) is 1.68. The topological polar surface area (TPSA) is 57.5 Å². The average molecular weight is 144 g/mol. The number of carboxylic acids is 1. The highest BCUT2D eigenvalue weighted by Crippen LogP contribution is 2.44. The molecule has 0 bridgehead atoms. The first kappa shape index (κ1) is 7.54. The number of rotatable bonds is 2. The van der Waals surface area contributed by atoms with Crippen LogP contribution < -0.4 is 0 Å². The third-order valence-corrected chi connectivity index (χ3v) is 2.23. The molecule has 1 saturated carbocycles. The molecule has 0 heterocycles. The minimum Gasteiger partial charge on any atom is -0.481 e. The molecule has 0 aromatic heterocycles.